The largest absolute Gasteiger partial charge is 0.368 e. The van der Waals surface area contributed by atoms with Crippen molar-refractivity contribution in [3.63, 3.8) is 0 Å². The maximum Gasteiger partial charge on any atom is 0.249 e. The lowest BCUT2D eigenvalue weighted by molar-refractivity contribution is -0.131. The van der Waals surface area contributed by atoms with Crippen molar-refractivity contribution in [1.29, 1.82) is 0 Å². The summed E-state index contributed by atoms with van der Waals surface area (Å²) in [6, 6.07) is 9.73. The molecule has 4 rings (SSSR count). The molecule has 3 heterocycles. The first-order chi connectivity index (χ1) is 14.6. The number of benzene rings is 1. The lowest BCUT2D eigenvalue weighted by Gasteiger charge is -2.37. The fourth-order valence-corrected chi connectivity index (χ4v) is 4.44. The van der Waals surface area contributed by atoms with E-state index in [0.29, 0.717) is 25.3 Å². The van der Waals surface area contributed by atoms with Crippen LogP contribution in [0.25, 0.3) is 0 Å². The topological polar surface area (TPSA) is 54.5 Å². The molecule has 0 spiro atoms. The minimum absolute atomic E-state index is 0.101. The molecule has 2 aromatic rings. The number of hydrogen-bond donors (Lipinski definition) is 1. The van der Waals surface area contributed by atoms with Gasteiger partial charge in [-0.25, -0.2) is 8.78 Å². The number of carbonyl (C=O) groups excluding carboxylic acids is 1. The fraction of sp³-hybridized carbons (Fsp3) is 0.478. The molecule has 2 aliphatic rings. The van der Waals surface area contributed by atoms with Crippen LogP contribution >= 0.6 is 0 Å². The van der Waals surface area contributed by atoms with E-state index < -0.39 is 17.7 Å². The summed E-state index contributed by atoms with van der Waals surface area (Å²) in [6.07, 6.45) is 4.79. The van der Waals surface area contributed by atoms with Crippen molar-refractivity contribution in [3.8, 4) is 0 Å². The number of halogens is 2. The molecule has 2 fully saturated rings. The summed E-state index contributed by atoms with van der Waals surface area (Å²) in [4.78, 5) is 19.4. The Kier molecular flexibility index (Phi) is 6.69. The SMILES string of the molecule is O=C(N[C@H](c1ccccn1)[C@H]1CCCN(Cc2cccc(F)c2F)C1)[C@@H]1CCCO1. The van der Waals surface area contributed by atoms with E-state index in [1.54, 1.807) is 12.3 Å². The summed E-state index contributed by atoms with van der Waals surface area (Å²) < 4.78 is 33.3. The van der Waals surface area contributed by atoms with E-state index in [4.69, 9.17) is 4.74 Å². The Morgan fingerprint density at radius 3 is 2.87 bits per heavy atom. The van der Waals surface area contributed by atoms with Crippen LogP contribution < -0.4 is 5.32 Å². The van der Waals surface area contributed by atoms with Crippen LogP contribution in [0.2, 0.25) is 0 Å². The number of likely N-dealkylation sites (tertiary alicyclic amines) is 1. The van der Waals surface area contributed by atoms with Crippen molar-refractivity contribution in [3.05, 3.63) is 65.5 Å². The van der Waals surface area contributed by atoms with E-state index in [2.05, 4.69) is 15.2 Å². The van der Waals surface area contributed by atoms with Crippen molar-refractivity contribution in [2.45, 2.75) is 44.4 Å². The Morgan fingerprint density at radius 2 is 2.10 bits per heavy atom. The molecule has 2 aliphatic heterocycles. The van der Waals surface area contributed by atoms with Crippen LogP contribution in [0, 0.1) is 17.6 Å². The minimum atomic E-state index is -0.823. The van der Waals surface area contributed by atoms with Crippen LogP contribution in [0.4, 0.5) is 8.78 Å². The summed E-state index contributed by atoms with van der Waals surface area (Å²) in [7, 11) is 0. The van der Waals surface area contributed by atoms with E-state index in [1.807, 2.05) is 18.2 Å². The fourth-order valence-electron chi connectivity index (χ4n) is 4.44. The standard InChI is InChI=1S/C23H27F2N3O2/c24-18-8-3-6-16(21(18)25)14-28-12-4-7-17(15-28)22(19-9-1-2-11-26-19)27-23(29)20-10-5-13-30-20/h1-3,6,8-9,11,17,20,22H,4-5,7,10,12-15H2,(H,27,29)/t17-,20-,22-/m0/s1. The van der Waals surface area contributed by atoms with Gasteiger partial charge in [0.15, 0.2) is 11.6 Å². The van der Waals surface area contributed by atoms with E-state index in [-0.39, 0.29) is 17.9 Å². The molecular weight excluding hydrogens is 388 g/mol. The highest BCUT2D eigenvalue weighted by Gasteiger charge is 2.33. The first kappa shape index (κ1) is 20.9. The monoisotopic (exact) mass is 415 g/mol. The second-order valence-corrected chi connectivity index (χ2v) is 8.09. The number of aromatic nitrogens is 1. The summed E-state index contributed by atoms with van der Waals surface area (Å²) >= 11 is 0. The Labute approximate surface area is 175 Å². The molecule has 1 aromatic heterocycles. The number of ether oxygens (including phenoxy) is 1. The van der Waals surface area contributed by atoms with Crippen LogP contribution in [0.3, 0.4) is 0 Å². The number of rotatable bonds is 6. The molecule has 5 nitrogen and oxygen atoms in total. The molecule has 1 amide bonds. The molecule has 7 heteroatoms. The van der Waals surface area contributed by atoms with Crippen LogP contribution in [-0.2, 0) is 16.1 Å². The van der Waals surface area contributed by atoms with Crippen LogP contribution in [-0.4, -0.2) is 41.6 Å². The van der Waals surface area contributed by atoms with Gasteiger partial charge in [0.05, 0.1) is 11.7 Å². The van der Waals surface area contributed by atoms with Crippen molar-refractivity contribution in [1.82, 2.24) is 15.2 Å². The van der Waals surface area contributed by atoms with Gasteiger partial charge in [0, 0.05) is 31.5 Å². The quantitative estimate of drug-likeness (QED) is 0.783. The summed E-state index contributed by atoms with van der Waals surface area (Å²) in [5, 5.41) is 3.16. The van der Waals surface area contributed by atoms with E-state index in [0.717, 1.165) is 44.0 Å². The predicted octanol–water partition coefficient (Wildman–Crippen LogP) is 3.61. The zero-order valence-corrected chi connectivity index (χ0v) is 16.9. The molecular formula is C23H27F2N3O2. The normalized spacial score (nSPS) is 23.3. The van der Waals surface area contributed by atoms with E-state index in [9.17, 15) is 13.6 Å². The van der Waals surface area contributed by atoms with Crippen molar-refractivity contribution < 1.29 is 18.3 Å². The molecule has 0 aliphatic carbocycles. The van der Waals surface area contributed by atoms with Gasteiger partial charge < -0.3 is 10.1 Å². The smallest absolute Gasteiger partial charge is 0.249 e. The van der Waals surface area contributed by atoms with Gasteiger partial charge in [-0.05, 0) is 56.3 Å². The molecule has 0 radical (unpaired) electrons. The lowest BCUT2D eigenvalue weighted by Crippen LogP contribution is -2.45. The van der Waals surface area contributed by atoms with Gasteiger partial charge in [0.2, 0.25) is 5.91 Å². The Morgan fingerprint density at radius 1 is 1.20 bits per heavy atom. The third kappa shape index (κ3) is 4.84. The van der Waals surface area contributed by atoms with Crippen LogP contribution in [0.15, 0.2) is 42.6 Å². The predicted molar refractivity (Wildman–Crippen MR) is 108 cm³/mol. The summed E-state index contributed by atoms with van der Waals surface area (Å²) in [6.45, 7) is 2.43. The first-order valence-corrected chi connectivity index (χ1v) is 10.6. The van der Waals surface area contributed by atoms with Crippen molar-refractivity contribution >= 4 is 5.91 Å². The molecule has 0 bridgehead atoms. The van der Waals surface area contributed by atoms with Gasteiger partial charge >= 0.3 is 0 Å². The third-order valence-electron chi connectivity index (χ3n) is 5.97. The summed E-state index contributed by atoms with van der Waals surface area (Å²) in [5.41, 5.74) is 1.17. The maximum absolute atomic E-state index is 14.1. The number of amides is 1. The molecule has 1 aromatic carbocycles. The third-order valence-corrected chi connectivity index (χ3v) is 5.97. The Hall–Kier alpha value is -2.38. The molecule has 30 heavy (non-hydrogen) atoms. The number of nitrogens with zero attached hydrogens (tertiary/aromatic N) is 2. The van der Waals surface area contributed by atoms with Gasteiger partial charge in [0.25, 0.3) is 0 Å². The maximum atomic E-state index is 14.1. The van der Waals surface area contributed by atoms with Gasteiger partial charge in [0.1, 0.15) is 6.10 Å². The minimum Gasteiger partial charge on any atom is -0.368 e. The van der Waals surface area contributed by atoms with Crippen LogP contribution in [0.1, 0.15) is 43.0 Å². The highest BCUT2D eigenvalue weighted by Crippen LogP contribution is 2.30. The van der Waals surface area contributed by atoms with Gasteiger partial charge in [-0.1, -0.05) is 18.2 Å². The zero-order chi connectivity index (χ0) is 20.9. The number of carbonyl (C=O) groups is 1. The highest BCUT2D eigenvalue weighted by atomic mass is 19.2. The number of hydrogen-bond acceptors (Lipinski definition) is 4. The van der Waals surface area contributed by atoms with Gasteiger partial charge in [-0.3, -0.25) is 14.7 Å². The van der Waals surface area contributed by atoms with E-state index >= 15 is 0 Å². The number of nitrogens with one attached hydrogen (secondary N) is 1. The number of piperidine rings is 1. The zero-order valence-electron chi connectivity index (χ0n) is 16.9. The number of pyridine rings is 1. The van der Waals surface area contributed by atoms with Crippen molar-refractivity contribution in [2.75, 3.05) is 19.7 Å². The van der Waals surface area contributed by atoms with Crippen LogP contribution in [0.5, 0.6) is 0 Å². The Balaban J connectivity index is 1.49. The summed E-state index contributed by atoms with van der Waals surface area (Å²) in [5.74, 6) is -1.59. The molecule has 2 saturated heterocycles. The van der Waals surface area contributed by atoms with E-state index in [1.165, 1.54) is 6.07 Å². The molecule has 3 atom stereocenters. The Bertz CT molecular complexity index is 859. The lowest BCUT2D eigenvalue weighted by atomic mass is 9.88. The molecule has 0 saturated carbocycles. The second-order valence-electron chi connectivity index (χ2n) is 8.09. The molecule has 160 valence electrons. The molecule has 1 N–H and O–H groups in total. The average Bonchev–Trinajstić information content (AvgIpc) is 3.31. The van der Waals surface area contributed by atoms with Crippen molar-refractivity contribution in [2.24, 2.45) is 5.92 Å². The molecule has 0 unspecified atom stereocenters. The first-order valence-electron chi connectivity index (χ1n) is 10.6. The van der Waals surface area contributed by atoms with Gasteiger partial charge in [-0.2, -0.15) is 0 Å². The van der Waals surface area contributed by atoms with Gasteiger partial charge in [-0.15, -0.1) is 0 Å². The average molecular weight is 415 g/mol. The highest BCUT2D eigenvalue weighted by molar-refractivity contribution is 5.81. The second kappa shape index (κ2) is 9.62.